The van der Waals surface area contributed by atoms with Gasteiger partial charge in [0.1, 0.15) is 0 Å². The molecule has 1 amide bonds. The van der Waals surface area contributed by atoms with Gasteiger partial charge in [0.15, 0.2) is 11.6 Å². The monoisotopic (exact) mass is 227 g/mol. The molecule has 0 aliphatic carbocycles. The summed E-state index contributed by atoms with van der Waals surface area (Å²) in [6.45, 7) is 5.76. The van der Waals surface area contributed by atoms with Crippen molar-refractivity contribution in [1.29, 1.82) is 0 Å². The van der Waals surface area contributed by atoms with E-state index in [0.29, 0.717) is 12.2 Å². The Hall–Kier alpha value is -1.45. The number of rotatable bonds is 3. The Labute approximate surface area is 93.9 Å². The number of amides is 1. The Morgan fingerprint density at radius 2 is 1.94 bits per heavy atom. The molecular weight excluding hydrogens is 212 g/mol. The fourth-order valence-corrected chi connectivity index (χ4v) is 1.43. The number of hydrogen-bond donors (Lipinski definition) is 0. The van der Waals surface area contributed by atoms with E-state index in [2.05, 4.69) is 0 Å². The van der Waals surface area contributed by atoms with E-state index >= 15 is 0 Å². The van der Waals surface area contributed by atoms with Gasteiger partial charge in [-0.3, -0.25) is 4.79 Å². The number of hydrogen-bond acceptors (Lipinski definition) is 1. The highest BCUT2D eigenvalue weighted by atomic mass is 19.2. The number of nitrogens with zero attached hydrogens (tertiary/aromatic N) is 1. The summed E-state index contributed by atoms with van der Waals surface area (Å²) in [6.07, 6.45) is 0. The molecule has 16 heavy (non-hydrogen) atoms. The summed E-state index contributed by atoms with van der Waals surface area (Å²) >= 11 is 0. The number of carbonyl (C=O) groups is 1. The molecule has 0 aliphatic heterocycles. The zero-order valence-corrected chi connectivity index (χ0v) is 9.63. The minimum absolute atomic E-state index is 0.103. The van der Waals surface area contributed by atoms with Crippen LogP contribution in [0.5, 0.6) is 0 Å². The van der Waals surface area contributed by atoms with Crippen molar-refractivity contribution in [2.75, 3.05) is 11.4 Å². The molecule has 0 aromatic heterocycles. The van der Waals surface area contributed by atoms with E-state index in [1.165, 1.54) is 11.0 Å². The fourth-order valence-electron chi connectivity index (χ4n) is 1.43. The van der Waals surface area contributed by atoms with Crippen LogP contribution >= 0.6 is 0 Å². The highest BCUT2D eigenvalue weighted by molar-refractivity contribution is 5.94. The summed E-state index contributed by atoms with van der Waals surface area (Å²) < 4.78 is 25.8. The highest BCUT2D eigenvalue weighted by Crippen LogP contribution is 2.19. The lowest BCUT2D eigenvalue weighted by Gasteiger charge is -2.23. The lowest BCUT2D eigenvalue weighted by Crippen LogP contribution is -2.34. The number of anilines is 1. The second kappa shape index (κ2) is 5.05. The van der Waals surface area contributed by atoms with Crippen molar-refractivity contribution in [2.24, 2.45) is 5.92 Å². The van der Waals surface area contributed by atoms with Gasteiger partial charge in [-0.2, -0.15) is 0 Å². The quantitative estimate of drug-likeness (QED) is 0.777. The molecule has 0 bridgehead atoms. The molecule has 0 spiro atoms. The van der Waals surface area contributed by atoms with Gasteiger partial charge < -0.3 is 4.90 Å². The van der Waals surface area contributed by atoms with Gasteiger partial charge in [-0.1, -0.05) is 13.8 Å². The third-order valence-corrected chi connectivity index (χ3v) is 2.29. The van der Waals surface area contributed by atoms with Gasteiger partial charge in [0.05, 0.1) is 0 Å². The largest absolute Gasteiger partial charge is 0.312 e. The van der Waals surface area contributed by atoms with Crippen LogP contribution in [0.15, 0.2) is 18.2 Å². The Kier molecular flexibility index (Phi) is 3.99. The molecule has 2 nitrogen and oxygen atoms in total. The minimum Gasteiger partial charge on any atom is -0.312 e. The van der Waals surface area contributed by atoms with E-state index in [-0.39, 0.29) is 11.8 Å². The summed E-state index contributed by atoms with van der Waals surface area (Å²) in [7, 11) is 0. The van der Waals surface area contributed by atoms with Crippen LogP contribution in [0, 0.1) is 17.6 Å². The number of halogens is 2. The molecule has 0 unspecified atom stereocenters. The topological polar surface area (TPSA) is 20.3 Å². The van der Waals surface area contributed by atoms with Crippen molar-refractivity contribution in [3.63, 3.8) is 0 Å². The summed E-state index contributed by atoms with van der Waals surface area (Å²) in [5, 5.41) is 0. The maximum absolute atomic E-state index is 13.0. The second-order valence-electron chi connectivity index (χ2n) is 3.84. The van der Waals surface area contributed by atoms with Crippen molar-refractivity contribution in [2.45, 2.75) is 20.8 Å². The molecule has 1 rings (SSSR count). The molecule has 0 saturated carbocycles. The van der Waals surface area contributed by atoms with Gasteiger partial charge in [-0.05, 0) is 19.1 Å². The predicted octanol–water partition coefficient (Wildman–Crippen LogP) is 2.97. The standard InChI is InChI=1S/C12H15F2NO/c1-4-15(12(16)8(2)3)9-5-6-10(13)11(14)7-9/h5-8H,4H2,1-3H3. The normalized spacial score (nSPS) is 10.6. The van der Waals surface area contributed by atoms with Crippen LogP contribution in [-0.4, -0.2) is 12.5 Å². The van der Waals surface area contributed by atoms with E-state index in [9.17, 15) is 13.6 Å². The number of carbonyl (C=O) groups excluding carboxylic acids is 1. The first-order chi connectivity index (χ1) is 7.47. The Morgan fingerprint density at radius 3 is 2.38 bits per heavy atom. The lowest BCUT2D eigenvalue weighted by molar-refractivity contribution is -0.121. The zero-order valence-electron chi connectivity index (χ0n) is 9.63. The summed E-state index contributed by atoms with van der Waals surface area (Å²) in [5.74, 6) is -2.12. The number of benzene rings is 1. The molecule has 0 radical (unpaired) electrons. The van der Waals surface area contributed by atoms with E-state index in [0.717, 1.165) is 12.1 Å². The van der Waals surface area contributed by atoms with Crippen LogP contribution in [0.3, 0.4) is 0 Å². The van der Waals surface area contributed by atoms with Crippen LogP contribution in [0.2, 0.25) is 0 Å². The lowest BCUT2D eigenvalue weighted by atomic mass is 10.1. The molecular formula is C12H15F2NO. The van der Waals surface area contributed by atoms with Crippen LogP contribution in [0.25, 0.3) is 0 Å². The predicted molar refractivity (Wildman–Crippen MR) is 59.2 cm³/mol. The molecule has 1 aromatic carbocycles. The van der Waals surface area contributed by atoms with Gasteiger partial charge >= 0.3 is 0 Å². The van der Waals surface area contributed by atoms with E-state index < -0.39 is 11.6 Å². The van der Waals surface area contributed by atoms with Gasteiger partial charge in [0.2, 0.25) is 5.91 Å². The summed E-state index contributed by atoms with van der Waals surface area (Å²) in [5.41, 5.74) is 0.389. The molecule has 0 fully saturated rings. The summed E-state index contributed by atoms with van der Waals surface area (Å²) in [6, 6.07) is 3.47. The third kappa shape index (κ3) is 2.56. The molecule has 0 N–H and O–H groups in total. The maximum atomic E-state index is 13.0. The van der Waals surface area contributed by atoms with Crippen LogP contribution in [0.4, 0.5) is 14.5 Å². The Morgan fingerprint density at radius 1 is 1.31 bits per heavy atom. The third-order valence-electron chi connectivity index (χ3n) is 2.29. The van der Waals surface area contributed by atoms with E-state index in [1.807, 2.05) is 0 Å². The smallest absolute Gasteiger partial charge is 0.229 e. The summed E-state index contributed by atoms with van der Waals surface area (Å²) in [4.78, 5) is 13.2. The van der Waals surface area contributed by atoms with Crippen molar-refractivity contribution in [3.05, 3.63) is 29.8 Å². The molecule has 1 aromatic rings. The molecule has 88 valence electrons. The maximum Gasteiger partial charge on any atom is 0.229 e. The molecule has 0 atom stereocenters. The average Bonchev–Trinajstić information content (AvgIpc) is 2.24. The van der Waals surface area contributed by atoms with Crippen molar-refractivity contribution in [1.82, 2.24) is 0 Å². The van der Waals surface area contributed by atoms with Gasteiger partial charge in [-0.15, -0.1) is 0 Å². The Balaban J connectivity index is 3.04. The van der Waals surface area contributed by atoms with Crippen LogP contribution in [0.1, 0.15) is 20.8 Å². The van der Waals surface area contributed by atoms with Gasteiger partial charge in [-0.25, -0.2) is 8.78 Å². The van der Waals surface area contributed by atoms with Crippen molar-refractivity contribution in [3.8, 4) is 0 Å². The SMILES string of the molecule is CCN(C(=O)C(C)C)c1ccc(F)c(F)c1. The van der Waals surface area contributed by atoms with Crippen LogP contribution < -0.4 is 4.90 Å². The van der Waals surface area contributed by atoms with Crippen molar-refractivity contribution >= 4 is 11.6 Å². The van der Waals surface area contributed by atoms with Gasteiger partial charge in [0.25, 0.3) is 0 Å². The first kappa shape index (κ1) is 12.6. The fraction of sp³-hybridized carbons (Fsp3) is 0.417. The van der Waals surface area contributed by atoms with Crippen LogP contribution in [-0.2, 0) is 4.79 Å². The second-order valence-corrected chi connectivity index (χ2v) is 3.84. The van der Waals surface area contributed by atoms with Gasteiger partial charge in [0, 0.05) is 24.2 Å². The van der Waals surface area contributed by atoms with Crippen molar-refractivity contribution < 1.29 is 13.6 Å². The average molecular weight is 227 g/mol. The Bertz CT molecular complexity index is 391. The first-order valence-electron chi connectivity index (χ1n) is 5.23. The highest BCUT2D eigenvalue weighted by Gasteiger charge is 2.18. The first-order valence-corrected chi connectivity index (χ1v) is 5.23. The zero-order chi connectivity index (χ0) is 12.3. The molecule has 0 saturated heterocycles. The molecule has 4 heteroatoms. The van der Waals surface area contributed by atoms with E-state index in [4.69, 9.17) is 0 Å². The molecule has 0 aliphatic rings. The van der Waals surface area contributed by atoms with E-state index in [1.54, 1.807) is 20.8 Å². The minimum atomic E-state index is -0.937. The molecule has 0 heterocycles.